The first kappa shape index (κ1) is 36.2. The SMILES string of the molecule is CC(=O)N[C@H]1CCCCC/C=C\[C@@H]2C[C@@]2(C(=O)NS(=O)(=O)C2CC2)NC(=O)[C@@H]2C[C@@H](Oc3cc(-c4cccs4)nc4c3oc3ccc(F)cc34)CN2C1=O. The van der Waals surface area contributed by atoms with Crippen LogP contribution in [0.2, 0.25) is 0 Å². The second kappa shape index (κ2) is 14.1. The van der Waals surface area contributed by atoms with E-state index in [4.69, 9.17) is 14.1 Å². The van der Waals surface area contributed by atoms with Gasteiger partial charge in [-0.1, -0.05) is 31.1 Å². The van der Waals surface area contributed by atoms with E-state index >= 15 is 0 Å². The molecular formula is C38H40FN5O8S2. The van der Waals surface area contributed by atoms with Crippen molar-refractivity contribution >= 4 is 67.1 Å². The molecule has 8 rings (SSSR count). The van der Waals surface area contributed by atoms with Crippen molar-refractivity contribution in [2.24, 2.45) is 5.92 Å². The Bertz CT molecular complexity index is 2290. The van der Waals surface area contributed by atoms with Gasteiger partial charge in [-0.3, -0.25) is 23.9 Å². The van der Waals surface area contributed by atoms with Crippen LogP contribution in [0.15, 0.2) is 58.3 Å². The average Bonchev–Trinajstić information content (AvgIpc) is 3.93. The van der Waals surface area contributed by atoms with E-state index in [1.807, 2.05) is 29.7 Å². The minimum Gasteiger partial charge on any atom is -0.484 e. The summed E-state index contributed by atoms with van der Waals surface area (Å²) in [6.45, 7) is 1.29. The summed E-state index contributed by atoms with van der Waals surface area (Å²) in [5.41, 5.74) is 0.108. The number of amides is 4. The zero-order valence-electron chi connectivity index (χ0n) is 29.5. The van der Waals surface area contributed by atoms with Gasteiger partial charge in [-0.25, -0.2) is 17.8 Å². The topological polar surface area (TPSA) is 177 Å². The van der Waals surface area contributed by atoms with E-state index in [-0.39, 0.29) is 30.7 Å². The van der Waals surface area contributed by atoms with Crippen LogP contribution in [0.25, 0.3) is 32.6 Å². The zero-order valence-corrected chi connectivity index (χ0v) is 31.1. The number of hydrogen-bond donors (Lipinski definition) is 3. The highest BCUT2D eigenvalue weighted by molar-refractivity contribution is 7.91. The molecule has 3 N–H and O–H groups in total. The molecule has 3 aromatic heterocycles. The average molecular weight is 778 g/mol. The standard InChI is InChI=1S/C38H40FN5O8S2/c1-21(45)40-27-9-6-4-2-3-5-8-22-19-38(22,37(48)43-54(49,50)25-12-13-25)42-35(46)29-17-24(20-44(29)36(27)47)51-31-18-28(32-10-7-15-53-32)41-33-26-16-23(39)11-14-30(26)52-34(31)33/h5,7-8,10-11,14-16,18,22,24-25,27,29H,2-4,6,9,12-13,17,19-20H2,1H3,(H,40,45)(H,42,46)(H,43,48)/b8-5-/t22-,24-,27+,29+,38-/m1/s1. The van der Waals surface area contributed by atoms with E-state index in [0.717, 1.165) is 17.7 Å². The van der Waals surface area contributed by atoms with Gasteiger partial charge in [0.25, 0.3) is 5.91 Å². The number of rotatable bonds is 7. The van der Waals surface area contributed by atoms with Gasteiger partial charge in [-0.2, -0.15) is 0 Å². The van der Waals surface area contributed by atoms with Crippen LogP contribution in [0, 0.1) is 11.7 Å². The zero-order chi connectivity index (χ0) is 37.8. The van der Waals surface area contributed by atoms with Crippen LogP contribution < -0.4 is 20.1 Å². The Morgan fingerprint density at radius 1 is 1.13 bits per heavy atom. The van der Waals surface area contributed by atoms with Crippen molar-refractivity contribution in [3.63, 3.8) is 0 Å². The Hall–Kier alpha value is -4.83. The number of thiophene rings is 1. The number of carbonyl (C=O) groups is 4. The molecule has 5 heterocycles. The van der Waals surface area contributed by atoms with E-state index in [2.05, 4.69) is 15.4 Å². The van der Waals surface area contributed by atoms with Crippen molar-refractivity contribution in [3.8, 4) is 16.3 Å². The number of hydrogen-bond acceptors (Lipinski definition) is 10. The Morgan fingerprint density at radius 2 is 1.96 bits per heavy atom. The number of ether oxygens (including phenoxy) is 1. The predicted molar refractivity (Wildman–Crippen MR) is 198 cm³/mol. The maximum atomic E-state index is 14.4. The van der Waals surface area contributed by atoms with Crippen LogP contribution in [-0.2, 0) is 29.2 Å². The molecule has 5 atom stereocenters. The first-order chi connectivity index (χ1) is 25.9. The number of fused-ring (bicyclic) bond motifs is 5. The van der Waals surface area contributed by atoms with E-state index < -0.39 is 74.4 Å². The molecule has 284 valence electrons. The maximum Gasteiger partial charge on any atom is 0.259 e. The summed E-state index contributed by atoms with van der Waals surface area (Å²) in [4.78, 5) is 61.7. The maximum absolute atomic E-state index is 14.4. The Kier molecular flexibility index (Phi) is 9.45. The largest absolute Gasteiger partial charge is 0.484 e. The Morgan fingerprint density at radius 3 is 2.72 bits per heavy atom. The van der Waals surface area contributed by atoms with Crippen LogP contribution in [-0.4, -0.2) is 77.5 Å². The van der Waals surface area contributed by atoms with Crippen LogP contribution in [0.5, 0.6) is 5.75 Å². The normalized spacial score (nSPS) is 27.0. The van der Waals surface area contributed by atoms with E-state index in [1.54, 1.807) is 6.07 Å². The van der Waals surface area contributed by atoms with Gasteiger partial charge in [-0.15, -0.1) is 11.3 Å². The van der Waals surface area contributed by atoms with Gasteiger partial charge in [0, 0.05) is 30.7 Å². The number of halogens is 1. The van der Waals surface area contributed by atoms with Gasteiger partial charge in [0.2, 0.25) is 27.7 Å². The molecule has 13 nitrogen and oxygen atoms in total. The molecule has 16 heteroatoms. The highest BCUT2D eigenvalue weighted by atomic mass is 32.2. The third-order valence-electron chi connectivity index (χ3n) is 10.6. The summed E-state index contributed by atoms with van der Waals surface area (Å²) < 4.78 is 55.0. The van der Waals surface area contributed by atoms with Gasteiger partial charge < -0.3 is 24.7 Å². The molecular weight excluding hydrogens is 738 g/mol. The highest BCUT2D eigenvalue weighted by Crippen LogP contribution is 2.46. The third kappa shape index (κ3) is 7.08. The molecule has 2 saturated carbocycles. The van der Waals surface area contributed by atoms with Crippen molar-refractivity contribution in [1.29, 1.82) is 0 Å². The van der Waals surface area contributed by atoms with Gasteiger partial charge in [0.05, 0.1) is 22.4 Å². The third-order valence-corrected chi connectivity index (χ3v) is 13.3. The lowest BCUT2D eigenvalue weighted by atomic mass is 10.0. The number of furan rings is 1. The fraction of sp³-hybridized carbons (Fsp3) is 0.447. The van der Waals surface area contributed by atoms with Crippen molar-refractivity contribution in [2.45, 2.75) is 93.7 Å². The first-order valence-corrected chi connectivity index (χ1v) is 20.7. The van der Waals surface area contributed by atoms with Gasteiger partial charge in [-0.05, 0) is 68.2 Å². The highest BCUT2D eigenvalue weighted by Gasteiger charge is 2.62. The predicted octanol–water partition coefficient (Wildman–Crippen LogP) is 4.71. The van der Waals surface area contributed by atoms with E-state index in [9.17, 15) is 32.0 Å². The second-order valence-electron chi connectivity index (χ2n) is 14.7. The number of nitrogens with one attached hydrogen (secondary N) is 3. The lowest BCUT2D eigenvalue weighted by molar-refractivity contribution is -0.142. The van der Waals surface area contributed by atoms with Crippen molar-refractivity contribution in [2.75, 3.05) is 6.54 Å². The summed E-state index contributed by atoms with van der Waals surface area (Å²) in [5.74, 6) is -2.92. The Labute approximate surface area is 314 Å². The molecule has 1 saturated heterocycles. The molecule has 1 aromatic carbocycles. The number of nitrogens with zero attached hydrogens (tertiary/aromatic N) is 2. The molecule has 2 aliphatic carbocycles. The number of aromatic nitrogens is 1. The summed E-state index contributed by atoms with van der Waals surface area (Å²) in [7, 11) is -3.90. The molecule has 3 fully saturated rings. The second-order valence-corrected chi connectivity index (χ2v) is 17.6. The number of pyridine rings is 1. The molecule has 54 heavy (non-hydrogen) atoms. The number of sulfonamides is 1. The van der Waals surface area contributed by atoms with Crippen LogP contribution in [0.4, 0.5) is 4.39 Å². The van der Waals surface area contributed by atoms with Crippen LogP contribution in [0.1, 0.15) is 64.7 Å². The monoisotopic (exact) mass is 777 g/mol. The van der Waals surface area contributed by atoms with Gasteiger partial charge >= 0.3 is 0 Å². The van der Waals surface area contributed by atoms with Crippen molar-refractivity contribution in [3.05, 3.63) is 59.7 Å². The van der Waals surface area contributed by atoms with Gasteiger partial charge in [0.15, 0.2) is 11.3 Å². The lowest BCUT2D eigenvalue weighted by Crippen LogP contribution is -2.58. The smallest absolute Gasteiger partial charge is 0.259 e. The number of benzene rings is 1. The van der Waals surface area contributed by atoms with E-state index in [0.29, 0.717) is 54.3 Å². The minimum atomic E-state index is -3.90. The molecule has 0 radical (unpaired) electrons. The van der Waals surface area contributed by atoms with Crippen LogP contribution in [0.3, 0.4) is 0 Å². The molecule has 2 aliphatic heterocycles. The molecule has 0 bridgehead atoms. The summed E-state index contributed by atoms with van der Waals surface area (Å²) in [5, 5.41) is 7.36. The van der Waals surface area contributed by atoms with Crippen molar-refractivity contribution in [1.82, 2.24) is 25.2 Å². The minimum absolute atomic E-state index is 0.00987. The lowest BCUT2D eigenvalue weighted by Gasteiger charge is -2.29. The molecule has 0 spiro atoms. The fourth-order valence-corrected chi connectivity index (χ4v) is 9.64. The van der Waals surface area contributed by atoms with E-state index in [1.165, 1.54) is 41.4 Å². The fourth-order valence-electron chi connectivity index (χ4n) is 7.59. The Balaban J connectivity index is 1.14. The summed E-state index contributed by atoms with van der Waals surface area (Å²) in [6, 6.07) is 7.60. The van der Waals surface area contributed by atoms with Crippen molar-refractivity contribution < 1.29 is 41.1 Å². The molecule has 4 aromatic rings. The molecule has 0 unspecified atom stereocenters. The summed E-state index contributed by atoms with van der Waals surface area (Å²) in [6.07, 6.45) is 7.46. The summed E-state index contributed by atoms with van der Waals surface area (Å²) >= 11 is 1.46. The number of carbonyl (C=O) groups excluding carboxylic acids is 4. The molecule has 4 aliphatic rings. The first-order valence-electron chi connectivity index (χ1n) is 18.3. The molecule has 4 amide bonds. The quantitative estimate of drug-likeness (QED) is 0.225. The van der Waals surface area contributed by atoms with Crippen LogP contribution >= 0.6 is 11.3 Å². The van der Waals surface area contributed by atoms with Gasteiger partial charge in [0.1, 0.15) is 40.6 Å². The number of allylic oxidation sites excluding steroid dienone is 1.